The molecule has 1 aromatic carbocycles. The van der Waals surface area contributed by atoms with Crippen LogP contribution in [0.1, 0.15) is 5.69 Å². The minimum atomic E-state index is 0.839. The van der Waals surface area contributed by atoms with Crippen LogP contribution in [-0.4, -0.2) is 36.1 Å². The van der Waals surface area contributed by atoms with Crippen LogP contribution >= 0.6 is 34.3 Å². The number of rotatable bonds is 4. The van der Waals surface area contributed by atoms with Gasteiger partial charge in [-0.25, -0.2) is 4.98 Å². The van der Waals surface area contributed by atoms with Gasteiger partial charge in [0.25, 0.3) is 0 Å². The molecule has 1 fully saturated rings. The Morgan fingerprint density at radius 2 is 1.88 bits per heavy atom. The summed E-state index contributed by atoms with van der Waals surface area (Å²) < 4.78 is 0. The van der Waals surface area contributed by atoms with E-state index in [-0.39, 0.29) is 0 Å². The van der Waals surface area contributed by atoms with E-state index in [0.29, 0.717) is 0 Å². The summed E-state index contributed by atoms with van der Waals surface area (Å²) >= 11 is 9.77. The molecule has 1 saturated heterocycles. The first-order chi connectivity index (χ1) is 11.8. The number of piperazine rings is 1. The third-order valence-corrected chi connectivity index (χ3v) is 6.21. The van der Waals surface area contributed by atoms with Crippen molar-refractivity contribution in [3.05, 3.63) is 57.2 Å². The summed E-state index contributed by atoms with van der Waals surface area (Å²) in [5, 5.41) is 8.41. The number of hydrogen-bond donors (Lipinski definition) is 0. The first-order valence-corrected chi connectivity index (χ1v) is 10.2. The molecule has 124 valence electrons. The van der Waals surface area contributed by atoms with Crippen LogP contribution in [0.3, 0.4) is 0 Å². The topological polar surface area (TPSA) is 19.4 Å². The zero-order valence-electron chi connectivity index (χ0n) is 13.2. The second kappa shape index (κ2) is 7.23. The second-order valence-electron chi connectivity index (χ2n) is 5.87. The van der Waals surface area contributed by atoms with Gasteiger partial charge in [0.2, 0.25) is 0 Å². The number of para-hydroxylation sites is 1. The van der Waals surface area contributed by atoms with E-state index in [1.54, 1.807) is 22.7 Å². The van der Waals surface area contributed by atoms with Gasteiger partial charge in [0.05, 0.1) is 16.4 Å². The van der Waals surface area contributed by atoms with Crippen molar-refractivity contribution < 1.29 is 0 Å². The maximum atomic E-state index is 6.31. The summed E-state index contributed by atoms with van der Waals surface area (Å²) in [6, 6.07) is 10.2. The van der Waals surface area contributed by atoms with Crippen LogP contribution in [0.2, 0.25) is 5.02 Å². The average molecular weight is 376 g/mol. The number of nitrogens with zero attached hydrogens (tertiary/aromatic N) is 3. The molecule has 1 aliphatic rings. The minimum Gasteiger partial charge on any atom is -0.368 e. The summed E-state index contributed by atoms with van der Waals surface area (Å²) in [6.07, 6.45) is 0. The SMILES string of the molecule is Clc1ccccc1N1CCN(Cc2csc(-c3ccsc3)n2)CC1. The standard InChI is InChI=1S/C18H18ClN3S2/c19-16-3-1-2-4-17(16)22-8-6-21(7-9-22)11-15-13-24-18(20-15)14-5-10-23-12-14/h1-5,10,12-13H,6-9,11H2. The van der Waals surface area contributed by atoms with Gasteiger partial charge in [-0.05, 0) is 23.6 Å². The Morgan fingerprint density at radius 1 is 1.04 bits per heavy atom. The van der Waals surface area contributed by atoms with Crippen molar-refractivity contribution in [2.24, 2.45) is 0 Å². The summed E-state index contributed by atoms with van der Waals surface area (Å²) in [5.41, 5.74) is 3.56. The number of thiazole rings is 1. The molecule has 0 atom stereocenters. The molecule has 0 bridgehead atoms. The van der Waals surface area contributed by atoms with E-state index in [1.165, 1.54) is 11.3 Å². The van der Waals surface area contributed by atoms with E-state index < -0.39 is 0 Å². The molecule has 3 aromatic rings. The van der Waals surface area contributed by atoms with Gasteiger partial charge in [-0.3, -0.25) is 4.90 Å². The van der Waals surface area contributed by atoms with Crippen LogP contribution in [-0.2, 0) is 6.54 Å². The average Bonchev–Trinajstić information content (AvgIpc) is 3.27. The smallest absolute Gasteiger partial charge is 0.124 e. The quantitative estimate of drug-likeness (QED) is 0.650. The van der Waals surface area contributed by atoms with Gasteiger partial charge in [0.15, 0.2) is 0 Å². The third kappa shape index (κ3) is 3.49. The fourth-order valence-corrected chi connectivity index (χ4v) is 4.76. The highest BCUT2D eigenvalue weighted by molar-refractivity contribution is 7.14. The van der Waals surface area contributed by atoms with Crippen LogP contribution in [0.15, 0.2) is 46.5 Å². The summed E-state index contributed by atoms with van der Waals surface area (Å²) in [4.78, 5) is 9.63. The van der Waals surface area contributed by atoms with Crippen LogP contribution in [0, 0.1) is 0 Å². The fraction of sp³-hybridized carbons (Fsp3) is 0.278. The Morgan fingerprint density at radius 3 is 2.62 bits per heavy atom. The molecule has 4 rings (SSSR count). The Hall–Kier alpha value is -1.40. The minimum absolute atomic E-state index is 0.839. The highest BCUT2D eigenvalue weighted by Gasteiger charge is 2.19. The highest BCUT2D eigenvalue weighted by atomic mass is 35.5. The van der Waals surface area contributed by atoms with E-state index >= 15 is 0 Å². The molecule has 6 heteroatoms. The largest absolute Gasteiger partial charge is 0.368 e. The normalized spacial score (nSPS) is 15.8. The highest BCUT2D eigenvalue weighted by Crippen LogP contribution is 2.28. The number of thiophene rings is 1. The molecular weight excluding hydrogens is 358 g/mol. The molecule has 2 aromatic heterocycles. The molecular formula is C18H18ClN3S2. The lowest BCUT2D eigenvalue weighted by Crippen LogP contribution is -2.46. The van der Waals surface area contributed by atoms with Crippen molar-refractivity contribution >= 4 is 40.0 Å². The lowest BCUT2D eigenvalue weighted by Gasteiger charge is -2.36. The zero-order valence-corrected chi connectivity index (χ0v) is 15.6. The molecule has 3 nitrogen and oxygen atoms in total. The first kappa shape index (κ1) is 16.1. The number of benzene rings is 1. The van der Waals surface area contributed by atoms with E-state index in [1.807, 2.05) is 12.1 Å². The van der Waals surface area contributed by atoms with Crippen LogP contribution in [0.25, 0.3) is 10.6 Å². The van der Waals surface area contributed by atoms with Gasteiger partial charge in [-0.2, -0.15) is 11.3 Å². The van der Waals surface area contributed by atoms with Gasteiger partial charge in [0.1, 0.15) is 5.01 Å². The first-order valence-electron chi connectivity index (χ1n) is 7.98. The number of hydrogen-bond acceptors (Lipinski definition) is 5. The maximum absolute atomic E-state index is 6.31. The van der Waals surface area contributed by atoms with Crippen LogP contribution < -0.4 is 4.90 Å². The summed E-state index contributed by atoms with van der Waals surface area (Å²) in [6.45, 7) is 5.01. The Balaban J connectivity index is 1.36. The molecule has 0 spiro atoms. The number of aromatic nitrogens is 1. The molecule has 3 heterocycles. The fourth-order valence-electron chi connectivity index (χ4n) is 2.98. The lowest BCUT2D eigenvalue weighted by molar-refractivity contribution is 0.247. The predicted molar refractivity (Wildman–Crippen MR) is 104 cm³/mol. The van der Waals surface area contributed by atoms with Crippen molar-refractivity contribution in [2.75, 3.05) is 31.1 Å². The van der Waals surface area contributed by atoms with Crippen molar-refractivity contribution in [3.8, 4) is 10.6 Å². The van der Waals surface area contributed by atoms with Crippen molar-refractivity contribution in [3.63, 3.8) is 0 Å². The monoisotopic (exact) mass is 375 g/mol. The Labute approximate surface area is 155 Å². The van der Waals surface area contributed by atoms with Gasteiger partial charge >= 0.3 is 0 Å². The predicted octanol–water partition coefficient (Wildman–Crippen LogP) is 4.85. The van der Waals surface area contributed by atoms with Crippen LogP contribution in [0.4, 0.5) is 5.69 Å². The van der Waals surface area contributed by atoms with E-state index in [9.17, 15) is 0 Å². The molecule has 0 aliphatic carbocycles. The van der Waals surface area contributed by atoms with Crippen molar-refractivity contribution in [1.82, 2.24) is 9.88 Å². The zero-order chi connectivity index (χ0) is 16.4. The molecule has 0 saturated carbocycles. The Kier molecular flexibility index (Phi) is 4.85. The van der Waals surface area contributed by atoms with Gasteiger partial charge in [-0.1, -0.05) is 23.7 Å². The lowest BCUT2D eigenvalue weighted by atomic mass is 10.2. The van der Waals surface area contributed by atoms with Gasteiger partial charge < -0.3 is 4.90 Å². The van der Waals surface area contributed by atoms with E-state index in [2.05, 4.69) is 44.1 Å². The maximum Gasteiger partial charge on any atom is 0.124 e. The second-order valence-corrected chi connectivity index (χ2v) is 7.92. The molecule has 0 unspecified atom stereocenters. The molecule has 24 heavy (non-hydrogen) atoms. The van der Waals surface area contributed by atoms with E-state index in [0.717, 1.165) is 48.4 Å². The molecule has 1 aliphatic heterocycles. The molecule has 0 amide bonds. The third-order valence-electron chi connectivity index (χ3n) is 4.27. The van der Waals surface area contributed by atoms with Crippen LogP contribution in [0.5, 0.6) is 0 Å². The summed E-state index contributed by atoms with van der Waals surface area (Å²) in [7, 11) is 0. The number of halogens is 1. The number of anilines is 1. The molecule has 0 N–H and O–H groups in total. The van der Waals surface area contributed by atoms with Gasteiger partial charge in [-0.15, -0.1) is 11.3 Å². The Bertz CT molecular complexity index is 792. The van der Waals surface area contributed by atoms with Crippen molar-refractivity contribution in [2.45, 2.75) is 6.54 Å². The van der Waals surface area contributed by atoms with Gasteiger partial charge in [0, 0.05) is 49.0 Å². The summed E-state index contributed by atoms with van der Waals surface area (Å²) in [5.74, 6) is 0. The van der Waals surface area contributed by atoms with Crippen molar-refractivity contribution in [1.29, 1.82) is 0 Å². The molecule has 0 radical (unpaired) electrons. The van der Waals surface area contributed by atoms with E-state index in [4.69, 9.17) is 16.6 Å².